The van der Waals surface area contributed by atoms with Crippen LogP contribution in [0.3, 0.4) is 0 Å². The van der Waals surface area contributed by atoms with E-state index >= 15 is 9.13 Å². The van der Waals surface area contributed by atoms with Gasteiger partial charge in [0.15, 0.2) is 10.8 Å². The fourth-order valence-electron chi connectivity index (χ4n) is 7.07. The number of aromatic carboxylic acids is 1. The second-order valence-corrected chi connectivity index (χ2v) is 34.1. The molecule has 0 fully saturated rings. The van der Waals surface area contributed by atoms with Gasteiger partial charge in [-0.05, 0) is 174 Å². The minimum Gasteiger partial charge on any atom is -0.478 e. The lowest BCUT2D eigenvalue weighted by atomic mass is 9.98. The van der Waals surface area contributed by atoms with Gasteiger partial charge in [-0.15, -0.1) is 0 Å². The maximum absolute atomic E-state index is 15.1. The first-order valence-electron chi connectivity index (χ1n) is 28.9. The standard InChI is InChI=1S/C43H69NO16P2.C18H27NO8P2/c1-30(19-18-20-31(2)25-44-33-22-17-16-21-32(33)35(45)52-15)23-24-34(61(50,57-26-53-36(46)40(3,4)5)58-27-54-37(47)41(6,7)8)62(51,59-28-55-38(48)42(9,10)11)60-29-56-39(49)43(12,13)14;1-13(10-11-17(28(22,23)24)29(25,26)27)6-5-7-14(2)12-19-16-9-4-3-8-15(16)18(20)21/h16-17,20-23,34,44H,18-19,24-29H2,1-15H3;3-4,7-10,17,19H,5-6,11-12H2,1-2H3,(H,20,21)(H2,22,23,24)(H2,25,26,27)/b30-23+,31-20+;13-10+,14-7+. The number of hydrogen-bond donors (Lipinski definition) is 7. The first-order valence-corrected chi connectivity index (χ1v) is 35.4. The zero-order chi connectivity index (χ0) is 70.0. The molecule has 0 bridgehead atoms. The summed E-state index contributed by atoms with van der Waals surface area (Å²) in [5.41, 5.74) is 1.12. The zero-order valence-corrected chi connectivity index (χ0v) is 58.9. The van der Waals surface area contributed by atoms with Crippen LogP contribution in [0.4, 0.5) is 11.4 Å². The molecule has 0 aliphatic rings. The average molecular weight is 1370 g/mol. The predicted octanol–water partition coefficient (Wildman–Crippen LogP) is 13.5. The first kappa shape index (κ1) is 83.4. The number of rotatable bonds is 34. The van der Waals surface area contributed by atoms with Gasteiger partial charge in [0.1, 0.15) is 0 Å². The van der Waals surface area contributed by atoms with Crippen molar-refractivity contribution < 1.29 is 113 Å². The number of carbonyl (C=O) groups is 6. The van der Waals surface area contributed by atoms with Crippen LogP contribution in [0.5, 0.6) is 0 Å². The summed E-state index contributed by atoms with van der Waals surface area (Å²) in [5, 5.41) is 11.5. The number of carboxylic acid groups (broad SMARTS) is 1. The van der Waals surface area contributed by atoms with Gasteiger partial charge in [-0.25, -0.2) is 9.59 Å². The monoisotopic (exact) mass is 1360 g/mol. The predicted molar refractivity (Wildman–Crippen MR) is 344 cm³/mol. The number of allylic oxidation sites excluding steroid dienone is 6. The molecule has 514 valence electrons. The van der Waals surface area contributed by atoms with E-state index in [-0.39, 0.29) is 5.56 Å². The number of nitrogens with one attached hydrogen (secondary N) is 2. The molecule has 0 radical (unpaired) electrons. The number of carboxylic acids is 1. The highest BCUT2D eigenvalue weighted by Crippen LogP contribution is 2.72. The lowest BCUT2D eigenvalue weighted by Crippen LogP contribution is -2.28. The number of anilines is 2. The molecule has 0 aromatic heterocycles. The Morgan fingerprint density at radius 1 is 0.462 bits per heavy atom. The van der Waals surface area contributed by atoms with Gasteiger partial charge in [0.2, 0.25) is 27.2 Å². The van der Waals surface area contributed by atoms with Crippen molar-refractivity contribution in [3.63, 3.8) is 0 Å². The molecule has 0 saturated heterocycles. The van der Waals surface area contributed by atoms with E-state index in [0.29, 0.717) is 55.7 Å². The maximum atomic E-state index is 15.1. The number of hydrogen-bond acceptors (Lipinski definition) is 21. The van der Waals surface area contributed by atoms with Crippen molar-refractivity contribution in [2.24, 2.45) is 21.7 Å². The van der Waals surface area contributed by atoms with E-state index in [1.165, 1.54) is 19.3 Å². The summed E-state index contributed by atoms with van der Waals surface area (Å²) < 4.78 is 101. The van der Waals surface area contributed by atoms with Crippen LogP contribution in [0.25, 0.3) is 0 Å². The van der Waals surface area contributed by atoms with Crippen LogP contribution in [-0.4, -0.2) is 119 Å². The number of ether oxygens (including phenoxy) is 5. The van der Waals surface area contributed by atoms with Crippen LogP contribution in [-0.2, 0) is 79.2 Å². The molecule has 0 aliphatic carbocycles. The van der Waals surface area contributed by atoms with Gasteiger partial charge in [0, 0.05) is 24.5 Å². The van der Waals surface area contributed by atoms with Crippen molar-refractivity contribution in [1.82, 2.24) is 0 Å². The molecule has 91 heavy (non-hydrogen) atoms. The Kier molecular flexibility index (Phi) is 34.2. The molecule has 0 saturated carbocycles. The van der Waals surface area contributed by atoms with Crippen molar-refractivity contribution in [2.45, 2.75) is 160 Å². The van der Waals surface area contributed by atoms with Gasteiger partial charge < -0.3 is 59.0 Å². The minimum atomic E-state index is -4.96. The third kappa shape index (κ3) is 31.7. The van der Waals surface area contributed by atoms with Gasteiger partial charge in [-0.2, -0.15) is 0 Å². The van der Waals surface area contributed by atoms with Crippen LogP contribution in [0.2, 0.25) is 0 Å². The molecule has 2 aromatic carbocycles. The molecular formula is C61H96N2O24P4. The smallest absolute Gasteiger partial charge is 0.351 e. The van der Waals surface area contributed by atoms with Gasteiger partial charge in [0.05, 0.1) is 39.9 Å². The highest BCUT2D eigenvalue weighted by molar-refractivity contribution is 7.72. The SMILES string of the molecule is C/C(=C\CC(P(=O)(O)O)P(=O)(O)O)CC/C=C(\C)CNc1ccccc1C(=O)O.COC(=O)c1ccccc1NC/C(C)=C/CC/C(C)=C/CC(P(=O)(OCOC(=O)C(C)(C)C)OCOC(=O)C(C)(C)C)P(=O)(OCOC(=O)C(C)(C)C)OCOC(=O)C(C)(C)C. The Hall–Kier alpha value is -5.58. The van der Waals surface area contributed by atoms with Crippen LogP contribution in [0.1, 0.15) is 170 Å². The summed E-state index contributed by atoms with van der Waals surface area (Å²) >= 11 is 0. The summed E-state index contributed by atoms with van der Waals surface area (Å²) in [6, 6.07) is 13.6. The summed E-state index contributed by atoms with van der Waals surface area (Å²) in [6.07, 6.45) is 8.31. The van der Waals surface area contributed by atoms with Crippen LogP contribution in [0, 0.1) is 21.7 Å². The summed E-state index contributed by atoms with van der Waals surface area (Å²) in [5.74, 6) is -4.43. The molecule has 0 spiro atoms. The molecule has 2 rings (SSSR count). The number of methoxy groups -OCH3 is 1. The van der Waals surface area contributed by atoms with Crippen molar-refractivity contribution in [3.8, 4) is 0 Å². The fraction of sp³-hybridized carbons (Fsp3) is 0.574. The second-order valence-electron chi connectivity index (χ2n) is 25.3. The average Bonchev–Trinajstić information content (AvgIpc) is 0.794. The molecule has 0 atom stereocenters. The third-order valence-corrected chi connectivity index (χ3v) is 21.9. The lowest BCUT2D eigenvalue weighted by molar-refractivity contribution is -0.163. The Balaban J connectivity index is 0.00000119. The third-order valence-electron chi connectivity index (χ3n) is 12.7. The number of carbonyl (C=O) groups excluding carboxylic acids is 5. The lowest BCUT2D eigenvalue weighted by Gasteiger charge is -2.31. The molecule has 26 nitrogen and oxygen atoms in total. The highest BCUT2D eigenvalue weighted by Gasteiger charge is 2.52. The summed E-state index contributed by atoms with van der Waals surface area (Å²) in [7, 11) is -18.4. The Labute approximate surface area is 535 Å². The summed E-state index contributed by atoms with van der Waals surface area (Å²) in [4.78, 5) is 111. The van der Waals surface area contributed by atoms with Crippen LogP contribution in [0.15, 0.2) is 95.1 Å². The zero-order valence-electron chi connectivity index (χ0n) is 55.3. The Morgan fingerprint density at radius 2 is 0.758 bits per heavy atom. The van der Waals surface area contributed by atoms with Crippen LogP contribution >= 0.6 is 30.4 Å². The van der Waals surface area contributed by atoms with Gasteiger partial charge in [0.25, 0.3) is 0 Å². The van der Waals surface area contributed by atoms with Gasteiger partial charge in [-0.3, -0.25) is 55.5 Å². The number of para-hydroxylation sites is 2. The number of esters is 5. The molecule has 0 amide bonds. The quantitative estimate of drug-likeness (QED) is 0.0112. The fourth-order valence-corrected chi connectivity index (χ4v) is 13.9. The topological polar surface area (TPSA) is 379 Å². The second kappa shape index (κ2) is 37.3. The minimum absolute atomic E-state index is 0.184. The van der Waals surface area contributed by atoms with E-state index < -0.39 is 139 Å². The normalized spacial score (nSPS) is 13.4. The molecule has 0 heterocycles. The first-order chi connectivity index (χ1) is 41.7. The van der Waals surface area contributed by atoms with Crippen molar-refractivity contribution in [1.29, 1.82) is 0 Å². The molecule has 0 unspecified atom stereocenters. The van der Waals surface area contributed by atoms with E-state index in [4.69, 9.17) is 66.5 Å². The van der Waals surface area contributed by atoms with E-state index in [1.54, 1.807) is 145 Å². The Bertz CT molecular complexity index is 2920. The largest absolute Gasteiger partial charge is 0.478 e. The molecule has 2 aromatic rings. The van der Waals surface area contributed by atoms with E-state index in [1.807, 2.05) is 26.0 Å². The molecule has 30 heteroatoms. The van der Waals surface area contributed by atoms with E-state index in [0.717, 1.165) is 22.3 Å². The summed E-state index contributed by atoms with van der Waals surface area (Å²) in [6.45, 7) is 23.3. The van der Waals surface area contributed by atoms with Gasteiger partial charge in [-0.1, -0.05) is 70.9 Å². The van der Waals surface area contributed by atoms with Crippen molar-refractivity contribution in [3.05, 3.63) is 106 Å². The number of benzene rings is 2. The molecule has 7 N–H and O–H groups in total. The van der Waals surface area contributed by atoms with Crippen molar-refractivity contribution >= 4 is 77.6 Å². The van der Waals surface area contributed by atoms with Gasteiger partial charge >= 0.3 is 66.2 Å². The maximum Gasteiger partial charge on any atom is 0.351 e. The highest BCUT2D eigenvalue weighted by atomic mass is 31.2. The Morgan fingerprint density at radius 3 is 1.05 bits per heavy atom. The van der Waals surface area contributed by atoms with Crippen LogP contribution < -0.4 is 10.6 Å². The van der Waals surface area contributed by atoms with Crippen molar-refractivity contribution in [2.75, 3.05) is 58.0 Å². The van der Waals surface area contributed by atoms with E-state index in [2.05, 4.69) is 10.6 Å². The molecular weight excluding hydrogens is 1270 g/mol. The van der Waals surface area contributed by atoms with E-state index in [9.17, 15) is 37.9 Å². The molecule has 0 aliphatic heterocycles.